The largest absolute Gasteiger partial charge is 0.481 e. The van der Waals surface area contributed by atoms with Gasteiger partial charge in [-0.15, -0.1) is 0 Å². The first-order valence-electron chi connectivity index (χ1n) is 6.93. The van der Waals surface area contributed by atoms with Crippen molar-refractivity contribution >= 4 is 21.7 Å². The van der Waals surface area contributed by atoms with E-state index in [4.69, 9.17) is 5.11 Å². The highest BCUT2D eigenvalue weighted by atomic mass is 32.2. The van der Waals surface area contributed by atoms with Gasteiger partial charge in [0.25, 0.3) is 10.0 Å². The summed E-state index contributed by atoms with van der Waals surface area (Å²) in [6.45, 7) is 1.64. The first-order valence-corrected chi connectivity index (χ1v) is 8.37. The molecule has 0 fully saturated rings. The SMILES string of the molecule is Cc1cc(F)c2c(c1)C(CC(=O)O)N(c1ccccc1)S2(=O)=O. The molecular weight excluding hydrogens is 321 g/mol. The van der Waals surface area contributed by atoms with Gasteiger partial charge in [-0.2, -0.15) is 0 Å². The van der Waals surface area contributed by atoms with Crippen LogP contribution in [0, 0.1) is 12.7 Å². The van der Waals surface area contributed by atoms with Crippen molar-refractivity contribution in [3.8, 4) is 0 Å². The van der Waals surface area contributed by atoms with E-state index >= 15 is 0 Å². The van der Waals surface area contributed by atoms with E-state index in [2.05, 4.69) is 0 Å². The number of aryl methyl sites for hydroxylation is 1. The summed E-state index contributed by atoms with van der Waals surface area (Å²) < 4.78 is 40.9. The number of anilines is 1. The highest BCUT2D eigenvalue weighted by Crippen LogP contribution is 2.45. The maximum atomic E-state index is 14.3. The molecule has 1 atom stereocenters. The Hall–Kier alpha value is -2.41. The Morgan fingerprint density at radius 2 is 1.91 bits per heavy atom. The lowest BCUT2D eigenvalue weighted by atomic mass is 10.0. The molecule has 0 bridgehead atoms. The summed E-state index contributed by atoms with van der Waals surface area (Å²) in [6.07, 6.45) is -0.440. The van der Waals surface area contributed by atoms with Crippen LogP contribution < -0.4 is 4.31 Å². The fourth-order valence-corrected chi connectivity index (χ4v) is 4.84. The van der Waals surface area contributed by atoms with Gasteiger partial charge in [0.05, 0.1) is 18.2 Å². The van der Waals surface area contributed by atoms with Crippen LogP contribution >= 0.6 is 0 Å². The molecule has 2 aromatic carbocycles. The van der Waals surface area contributed by atoms with E-state index in [1.807, 2.05) is 0 Å². The molecule has 1 unspecified atom stereocenters. The first kappa shape index (κ1) is 15.5. The standard InChI is InChI=1S/C16H14FNO4S/c1-10-7-12-14(9-15(19)20)18(11-5-3-2-4-6-11)23(21,22)16(12)13(17)8-10/h2-8,14H,9H2,1H3,(H,19,20). The number of aliphatic carboxylic acids is 1. The summed E-state index contributed by atoms with van der Waals surface area (Å²) in [5, 5.41) is 9.16. The van der Waals surface area contributed by atoms with Crippen molar-refractivity contribution in [1.82, 2.24) is 0 Å². The fraction of sp³-hybridized carbons (Fsp3) is 0.188. The molecule has 0 radical (unpaired) electrons. The summed E-state index contributed by atoms with van der Waals surface area (Å²) in [5.74, 6) is -2.00. The number of para-hydroxylation sites is 1. The van der Waals surface area contributed by atoms with Gasteiger partial charge in [0, 0.05) is 5.56 Å². The topological polar surface area (TPSA) is 74.7 Å². The number of sulfonamides is 1. The predicted molar refractivity (Wildman–Crippen MR) is 82.2 cm³/mol. The van der Waals surface area contributed by atoms with Crippen molar-refractivity contribution in [3.05, 3.63) is 59.4 Å². The van der Waals surface area contributed by atoms with Crippen molar-refractivity contribution in [2.45, 2.75) is 24.3 Å². The summed E-state index contributed by atoms with van der Waals surface area (Å²) in [7, 11) is -4.15. The van der Waals surface area contributed by atoms with Crippen LogP contribution in [0.15, 0.2) is 47.4 Å². The summed E-state index contributed by atoms with van der Waals surface area (Å²) in [5.41, 5.74) is 1.04. The number of benzene rings is 2. The second kappa shape index (κ2) is 5.34. The molecule has 23 heavy (non-hydrogen) atoms. The van der Waals surface area contributed by atoms with Crippen LogP contribution in [-0.4, -0.2) is 19.5 Å². The van der Waals surface area contributed by atoms with Crippen molar-refractivity contribution in [3.63, 3.8) is 0 Å². The summed E-state index contributed by atoms with van der Waals surface area (Å²) in [6, 6.07) is 9.84. The molecule has 120 valence electrons. The second-order valence-electron chi connectivity index (χ2n) is 5.42. The molecule has 0 saturated carbocycles. The van der Waals surface area contributed by atoms with Crippen LogP contribution in [0.4, 0.5) is 10.1 Å². The van der Waals surface area contributed by atoms with Crippen molar-refractivity contribution in [2.75, 3.05) is 4.31 Å². The van der Waals surface area contributed by atoms with E-state index in [9.17, 15) is 17.6 Å². The number of carbonyl (C=O) groups is 1. The predicted octanol–water partition coefficient (Wildman–Crippen LogP) is 2.86. The molecular formula is C16H14FNO4S. The van der Waals surface area contributed by atoms with Gasteiger partial charge in [-0.3, -0.25) is 9.10 Å². The molecule has 1 heterocycles. The number of hydrogen-bond donors (Lipinski definition) is 1. The zero-order chi connectivity index (χ0) is 16.8. The molecule has 5 nitrogen and oxygen atoms in total. The van der Waals surface area contributed by atoms with E-state index in [0.717, 1.165) is 10.4 Å². The normalized spacial score (nSPS) is 18.7. The van der Waals surface area contributed by atoms with Gasteiger partial charge in [0.15, 0.2) is 0 Å². The first-order chi connectivity index (χ1) is 10.8. The van der Waals surface area contributed by atoms with Crippen LogP contribution in [0.3, 0.4) is 0 Å². The number of nitrogens with zero attached hydrogens (tertiary/aromatic N) is 1. The lowest BCUT2D eigenvalue weighted by molar-refractivity contribution is -0.137. The number of fused-ring (bicyclic) bond motifs is 1. The number of rotatable bonds is 3. The van der Waals surface area contributed by atoms with Gasteiger partial charge in [0.1, 0.15) is 10.7 Å². The van der Waals surface area contributed by atoms with Crippen LogP contribution in [0.25, 0.3) is 0 Å². The molecule has 1 aliphatic rings. The van der Waals surface area contributed by atoms with E-state index < -0.39 is 39.2 Å². The molecule has 0 saturated heterocycles. The van der Waals surface area contributed by atoms with Crippen LogP contribution in [0.1, 0.15) is 23.6 Å². The Kier molecular flexibility index (Phi) is 3.60. The Balaban J connectivity index is 2.28. The van der Waals surface area contributed by atoms with E-state index in [-0.39, 0.29) is 5.56 Å². The third-order valence-electron chi connectivity index (χ3n) is 3.75. The molecule has 1 N–H and O–H groups in total. The lowest BCUT2D eigenvalue weighted by Gasteiger charge is -2.24. The number of carboxylic acids is 1. The van der Waals surface area contributed by atoms with Crippen LogP contribution in [0.2, 0.25) is 0 Å². The maximum absolute atomic E-state index is 14.3. The van der Waals surface area contributed by atoms with E-state index in [1.165, 1.54) is 6.07 Å². The highest BCUT2D eigenvalue weighted by molar-refractivity contribution is 7.93. The Morgan fingerprint density at radius 3 is 2.52 bits per heavy atom. The Labute approximate surface area is 133 Å². The lowest BCUT2D eigenvalue weighted by Crippen LogP contribution is -2.29. The van der Waals surface area contributed by atoms with Crippen LogP contribution in [-0.2, 0) is 14.8 Å². The van der Waals surface area contributed by atoms with E-state index in [0.29, 0.717) is 11.3 Å². The van der Waals surface area contributed by atoms with Crippen molar-refractivity contribution in [1.29, 1.82) is 0 Å². The molecule has 0 spiro atoms. The average Bonchev–Trinajstić information content (AvgIpc) is 2.66. The van der Waals surface area contributed by atoms with Gasteiger partial charge < -0.3 is 5.11 Å². The zero-order valence-corrected chi connectivity index (χ0v) is 13.0. The van der Waals surface area contributed by atoms with Crippen molar-refractivity contribution in [2.24, 2.45) is 0 Å². The molecule has 0 aromatic heterocycles. The van der Waals surface area contributed by atoms with E-state index in [1.54, 1.807) is 37.3 Å². The fourth-order valence-electron chi connectivity index (χ4n) is 2.92. The molecule has 0 aliphatic carbocycles. The zero-order valence-electron chi connectivity index (χ0n) is 12.2. The van der Waals surface area contributed by atoms with Crippen LogP contribution in [0.5, 0.6) is 0 Å². The Morgan fingerprint density at radius 1 is 1.26 bits per heavy atom. The van der Waals surface area contributed by atoms with Gasteiger partial charge in [-0.1, -0.05) is 24.3 Å². The summed E-state index contributed by atoms with van der Waals surface area (Å²) in [4.78, 5) is 10.8. The van der Waals surface area contributed by atoms with Gasteiger partial charge in [-0.25, -0.2) is 12.8 Å². The molecule has 0 amide bonds. The molecule has 2 aromatic rings. The van der Waals surface area contributed by atoms with Gasteiger partial charge in [-0.05, 0) is 30.7 Å². The third kappa shape index (κ3) is 2.46. The molecule has 7 heteroatoms. The third-order valence-corrected chi connectivity index (χ3v) is 5.68. The average molecular weight is 335 g/mol. The Bertz CT molecular complexity index is 880. The highest BCUT2D eigenvalue weighted by Gasteiger charge is 2.45. The number of halogens is 1. The minimum atomic E-state index is -4.15. The molecule has 3 rings (SSSR count). The second-order valence-corrected chi connectivity index (χ2v) is 7.17. The van der Waals surface area contributed by atoms with Crippen molar-refractivity contribution < 1.29 is 22.7 Å². The summed E-state index contributed by atoms with van der Waals surface area (Å²) >= 11 is 0. The van der Waals surface area contributed by atoms with Gasteiger partial charge in [0.2, 0.25) is 0 Å². The van der Waals surface area contributed by atoms with Gasteiger partial charge >= 0.3 is 5.97 Å². The number of hydrogen-bond acceptors (Lipinski definition) is 3. The number of carboxylic acid groups (broad SMARTS) is 1. The minimum Gasteiger partial charge on any atom is -0.481 e. The minimum absolute atomic E-state index is 0.189. The molecule has 1 aliphatic heterocycles. The maximum Gasteiger partial charge on any atom is 0.305 e. The quantitative estimate of drug-likeness (QED) is 0.936. The monoisotopic (exact) mass is 335 g/mol. The smallest absolute Gasteiger partial charge is 0.305 e.